The molecule has 0 radical (unpaired) electrons. The summed E-state index contributed by atoms with van der Waals surface area (Å²) >= 11 is 0. The molecule has 10 nitrogen and oxygen atoms in total. The van der Waals surface area contributed by atoms with Gasteiger partial charge in [0.2, 0.25) is 0 Å². The van der Waals surface area contributed by atoms with Crippen molar-refractivity contribution >= 4 is 12.2 Å². The molecule has 2 heterocycles. The van der Waals surface area contributed by atoms with Crippen LogP contribution >= 0.6 is 0 Å². The highest BCUT2D eigenvalue weighted by Gasteiger charge is 2.69. The first-order valence-electron chi connectivity index (χ1n) is 9.71. The van der Waals surface area contributed by atoms with Crippen molar-refractivity contribution in [3.63, 3.8) is 0 Å². The molecule has 10 heteroatoms. The quantitative estimate of drug-likeness (QED) is 0.417. The van der Waals surface area contributed by atoms with E-state index in [4.69, 9.17) is 14.2 Å². The number of hydrogen-bond acceptors (Lipinski definition) is 7. The predicted molar refractivity (Wildman–Crippen MR) is 105 cm³/mol. The van der Waals surface area contributed by atoms with Crippen LogP contribution in [0.1, 0.15) is 40.2 Å². The van der Waals surface area contributed by atoms with Gasteiger partial charge in [-0.3, -0.25) is 15.0 Å². The minimum Gasteiger partial charge on any atom is -0.444 e. The monoisotopic (exact) mass is 421 g/mol. The number of carbonyl (C=O) groups excluding carboxylic acids is 2. The van der Waals surface area contributed by atoms with Crippen molar-refractivity contribution in [1.29, 1.82) is 0 Å². The van der Waals surface area contributed by atoms with E-state index < -0.39 is 46.7 Å². The van der Waals surface area contributed by atoms with Gasteiger partial charge in [0.15, 0.2) is 6.04 Å². The molecular formula is C20H27N3O7. The molecule has 3 rings (SSSR count). The molecule has 0 spiro atoms. The molecule has 2 amide bonds. The van der Waals surface area contributed by atoms with Gasteiger partial charge in [-0.05, 0) is 40.2 Å². The molecule has 1 aromatic rings. The van der Waals surface area contributed by atoms with Crippen LogP contribution < -0.4 is 0 Å². The first kappa shape index (κ1) is 21.8. The van der Waals surface area contributed by atoms with E-state index in [1.54, 1.807) is 58.9 Å². The molecule has 0 bridgehead atoms. The number of hydrogen-bond donors (Lipinski definition) is 0. The van der Waals surface area contributed by atoms with E-state index in [1.807, 2.05) is 6.07 Å². The number of ether oxygens (including phenoxy) is 3. The zero-order chi connectivity index (χ0) is 22.3. The first-order valence-corrected chi connectivity index (χ1v) is 9.71. The van der Waals surface area contributed by atoms with Crippen LogP contribution in [0.15, 0.2) is 30.3 Å². The summed E-state index contributed by atoms with van der Waals surface area (Å²) in [5, 5.41) is 11.6. The van der Waals surface area contributed by atoms with Crippen LogP contribution in [0.3, 0.4) is 0 Å². The number of rotatable bonds is 4. The molecule has 2 saturated heterocycles. The molecular weight excluding hydrogens is 394 g/mol. The molecule has 0 N–H and O–H groups in total. The molecule has 3 atom stereocenters. The normalized spacial score (nSPS) is 25.0. The maximum absolute atomic E-state index is 12.8. The SMILES string of the molecule is CC(C)(C)OC(=O)N1[C@@H]([C@H]2[C@H]([N+](=O)[O-])N2C(=O)OCc2ccccc2)COC1(C)C. The third kappa shape index (κ3) is 4.48. The molecule has 2 aliphatic rings. The van der Waals surface area contributed by atoms with Crippen LogP contribution in [0.2, 0.25) is 0 Å². The Morgan fingerprint density at radius 1 is 1.23 bits per heavy atom. The Morgan fingerprint density at radius 3 is 2.43 bits per heavy atom. The average molecular weight is 421 g/mol. The standard InChI is InChI=1S/C20H27N3O7/c1-19(2,3)30-18(25)22-14(12-29-20(22,4)5)15-16(23(26)27)21(15)17(24)28-11-13-9-7-6-8-10-13/h6-10,14-16H,11-12H2,1-5H3/t14-,15+,16+,21?/m1/s1. The Hall–Kier alpha value is -2.88. The summed E-state index contributed by atoms with van der Waals surface area (Å²) in [7, 11) is 0. The largest absolute Gasteiger partial charge is 0.444 e. The highest BCUT2D eigenvalue weighted by molar-refractivity contribution is 5.73. The summed E-state index contributed by atoms with van der Waals surface area (Å²) in [5.41, 5.74) is -1.01. The lowest BCUT2D eigenvalue weighted by Gasteiger charge is -2.34. The first-order chi connectivity index (χ1) is 13.9. The van der Waals surface area contributed by atoms with E-state index in [0.717, 1.165) is 10.5 Å². The summed E-state index contributed by atoms with van der Waals surface area (Å²) in [5.74, 6) is 0. The van der Waals surface area contributed by atoms with Gasteiger partial charge < -0.3 is 14.2 Å². The Balaban J connectivity index is 1.75. The number of amides is 2. The van der Waals surface area contributed by atoms with Crippen molar-refractivity contribution in [3.05, 3.63) is 46.0 Å². The van der Waals surface area contributed by atoms with Crippen molar-refractivity contribution in [3.8, 4) is 0 Å². The summed E-state index contributed by atoms with van der Waals surface area (Å²) in [4.78, 5) is 38.7. The minimum atomic E-state index is -1.29. The van der Waals surface area contributed by atoms with Crippen molar-refractivity contribution < 1.29 is 28.7 Å². The van der Waals surface area contributed by atoms with Crippen LogP contribution in [-0.2, 0) is 20.8 Å². The van der Waals surface area contributed by atoms with Gasteiger partial charge in [0, 0.05) is 4.92 Å². The second kappa shape index (κ2) is 7.75. The Labute approximate surface area is 174 Å². The van der Waals surface area contributed by atoms with Crippen molar-refractivity contribution in [2.45, 2.75) is 70.8 Å². The van der Waals surface area contributed by atoms with Gasteiger partial charge in [-0.25, -0.2) is 14.5 Å². The number of nitrogens with zero attached hydrogens (tertiary/aromatic N) is 3. The number of carbonyl (C=O) groups is 2. The predicted octanol–water partition coefficient (Wildman–Crippen LogP) is 2.98. The summed E-state index contributed by atoms with van der Waals surface area (Å²) in [6.07, 6.45) is -2.75. The fourth-order valence-electron chi connectivity index (χ4n) is 3.62. The third-order valence-corrected chi connectivity index (χ3v) is 4.96. The van der Waals surface area contributed by atoms with Crippen molar-refractivity contribution in [1.82, 2.24) is 9.80 Å². The van der Waals surface area contributed by atoms with Crippen LogP contribution in [0.4, 0.5) is 9.59 Å². The Bertz CT molecular complexity index is 821. The molecule has 2 aliphatic heterocycles. The molecule has 2 fully saturated rings. The van der Waals surface area contributed by atoms with Crippen LogP contribution in [0.25, 0.3) is 0 Å². The second-order valence-electron chi connectivity index (χ2n) is 8.81. The second-order valence-corrected chi connectivity index (χ2v) is 8.81. The molecule has 0 unspecified atom stereocenters. The lowest BCUT2D eigenvalue weighted by atomic mass is 10.1. The van der Waals surface area contributed by atoms with Crippen LogP contribution in [0, 0.1) is 10.1 Å². The molecule has 164 valence electrons. The fourth-order valence-corrected chi connectivity index (χ4v) is 3.62. The summed E-state index contributed by atoms with van der Waals surface area (Å²) in [6, 6.07) is 7.43. The summed E-state index contributed by atoms with van der Waals surface area (Å²) < 4.78 is 16.4. The van der Waals surface area contributed by atoms with Gasteiger partial charge >= 0.3 is 18.4 Å². The van der Waals surface area contributed by atoms with Crippen LogP contribution in [0.5, 0.6) is 0 Å². The lowest BCUT2D eigenvalue weighted by Crippen LogP contribution is -2.52. The van der Waals surface area contributed by atoms with Gasteiger partial charge in [-0.1, -0.05) is 30.3 Å². The Kier molecular flexibility index (Phi) is 5.64. The van der Waals surface area contributed by atoms with Gasteiger partial charge in [0.05, 0.1) is 12.6 Å². The number of benzene rings is 1. The molecule has 0 saturated carbocycles. The zero-order valence-corrected chi connectivity index (χ0v) is 17.7. The molecule has 1 aromatic carbocycles. The van der Waals surface area contributed by atoms with Crippen molar-refractivity contribution in [2.24, 2.45) is 0 Å². The average Bonchev–Trinajstić information content (AvgIpc) is 3.30. The van der Waals surface area contributed by atoms with Gasteiger partial charge in [0.1, 0.15) is 17.9 Å². The maximum Gasteiger partial charge on any atom is 0.416 e. The highest BCUT2D eigenvalue weighted by atomic mass is 16.6. The molecule has 0 aliphatic carbocycles. The van der Waals surface area contributed by atoms with E-state index in [2.05, 4.69) is 0 Å². The van der Waals surface area contributed by atoms with E-state index in [1.165, 1.54) is 4.90 Å². The molecule has 30 heavy (non-hydrogen) atoms. The highest BCUT2D eigenvalue weighted by Crippen LogP contribution is 2.41. The zero-order valence-electron chi connectivity index (χ0n) is 17.7. The minimum absolute atomic E-state index is 0.00420. The number of nitro groups is 1. The topological polar surface area (TPSA) is 111 Å². The van der Waals surface area contributed by atoms with E-state index in [0.29, 0.717) is 0 Å². The smallest absolute Gasteiger partial charge is 0.416 e. The van der Waals surface area contributed by atoms with Gasteiger partial charge in [-0.15, -0.1) is 0 Å². The van der Waals surface area contributed by atoms with E-state index >= 15 is 0 Å². The van der Waals surface area contributed by atoms with E-state index in [9.17, 15) is 19.7 Å². The summed E-state index contributed by atoms with van der Waals surface area (Å²) in [6.45, 7) is 8.59. The molecule has 0 aromatic heterocycles. The lowest BCUT2D eigenvalue weighted by molar-refractivity contribution is -0.505. The third-order valence-electron chi connectivity index (χ3n) is 4.96. The van der Waals surface area contributed by atoms with Crippen LogP contribution in [-0.4, -0.2) is 63.1 Å². The van der Waals surface area contributed by atoms with Crippen molar-refractivity contribution in [2.75, 3.05) is 6.61 Å². The maximum atomic E-state index is 12.8. The van der Waals surface area contributed by atoms with Gasteiger partial charge in [-0.2, -0.15) is 0 Å². The van der Waals surface area contributed by atoms with Gasteiger partial charge in [0.25, 0.3) is 0 Å². The fraction of sp³-hybridized carbons (Fsp3) is 0.600. The van der Waals surface area contributed by atoms with E-state index in [-0.39, 0.29) is 13.2 Å². The Morgan fingerprint density at radius 2 is 1.87 bits per heavy atom.